The van der Waals surface area contributed by atoms with Gasteiger partial charge in [0.05, 0.1) is 19.3 Å². The fourth-order valence-electron chi connectivity index (χ4n) is 1.80. The largest absolute Gasteiger partial charge is 0.394 e. The fraction of sp³-hybridized carbons (Fsp3) is 0.538. The predicted molar refractivity (Wildman–Crippen MR) is 65.5 cm³/mol. The van der Waals surface area contributed by atoms with Gasteiger partial charge in [-0.3, -0.25) is 0 Å². The van der Waals surface area contributed by atoms with E-state index < -0.39 is 0 Å². The number of rotatable bonds is 7. The maximum Gasteiger partial charge on any atom is 0.0626 e. The zero-order valence-corrected chi connectivity index (χ0v) is 10.1. The summed E-state index contributed by atoms with van der Waals surface area (Å²) >= 11 is 0. The highest BCUT2D eigenvalue weighted by Crippen LogP contribution is 2.18. The molecule has 16 heavy (non-hydrogen) atoms. The molecule has 0 spiro atoms. The van der Waals surface area contributed by atoms with E-state index in [9.17, 15) is 5.11 Å². The van der Waals surface area contributed by atoms with Gasteiger partial charge in [0.1, 0.15) is 0 Å². The lowest BCUT2D eigenvalue weighted by Crippen LogP contribution is -2.28. The molecule has 0 heterocycles. The highest BCUT2D eigenvalue weighted by molar-refractivity contribution is 5.30. The van der Waals surface area contributed by atoms with Gasteiger partial charge in [-0.25, -0.2) is 0 Å². The van der Waals surface area contributed by atoms with Crippen LogP contribution in [0.2, 0.25) is 0 Å². The van der Waals surface area contributed by atoms with E-state index in [4.69, 9.17) is 4.74 Å². The molecule has 0 amide bonds. The molecule has 1 aromatic rings. The van der Waals surface area contributed by atoms with Gasteiger partial charge in [-0.1, -0.05) is 31.2 Å². The Morgan fingerprint density at radius 2 is 2.12 bits per heavy atom. The molecular weight excluding hydrogens is 202 g/mol. The number of hydrogen-bond acceptors (Lipinski definition) is 3. The second-order valence-corrected chi connectivity index (χ2v) is 3.73. The third-order valence-corrected chi connectivity index (χ3v) is 2.69. The standard InChI is InChI=1S/C13H21NO2/c1-3-11-6-4-5-7-12(11)13(10-15)14-8-9-16-2/h4-7,13-15H,3,8-10H2,1-2H3. The monoisotopic (exact) mass is 223 g/mol. The van der Waals surface area contributed by atoms with Gasteiger partial charge in [0, 0.05) is 13.7 Å². The van der Waals surface area contributed by atoms with Crippen LogP contribution in [0.3, 0.4) is 0 Å². The zero-order chi connectivity index (χ0) is 11.8. The number of aryl methyl sites for hydroxylation is 1. The molecule has 0 saturated heterocycles. The van der Waals surface area contributed by atoms with E-state index in [1.165, 1.54) is 11.1 Å². The summed E-state index contributed by atoms with van der Waals surface area (Å²) < 4.78 is 4.99. The van der Waals surface area contributed by atoms with Crippen molar-refractivity contribution in [1.82, 2.24) is 5.32 Å². The quantitative estimate of drug-likeness (QED) is 0.689. The Morgan fingerprint density at radius 1 is 1.38 bits per heavy atom. The average molecular weight is 223 g/mol. The Hall–Kier alpha value is -0.900. The Balaban J connectivity index is 2.69. The van der Waals surface area contributed by atoms with Gasteiger partial charge in [0.2, 0.25) is 0 Å². The molecule has 0 bridgehead atoms. The van der Waals surface area contributed by atoms with Crippen LogP contribution >= 0.6 is 0 Å². The first-order valence-corrected chi connectivity index (χ1v) is 5.74. The van der Waals surface area contributed by atoms with Crippen LogP contribution in [-0.4, -0.2) is 32.0 Å². The number of aliphatic hydroxyl groups excluding tert-OH is 1. The summed E-state index contributed by atoms with van der Waals surface area (Å²) in [6.07, 6.45) is 0.985. The Kier molecular flexibility index (Phi) is 6.08. The molecule has 0 fully saturated rings. The van der Waals surface area contributed by atoms with Gasteiger partial charge in [0.25, 0.3) is 0 Å². The van der Waals surface area contributed by atoms with Gasteiger partial charge < -0.3 is 15.2 Å². The summed E-state index contributed by atoms with van der Waals surface area (Å²) in [5.74, 6) is 0. The summed E-state index contributed by atoms with van der Waals surface area (Å²) in [6, 6.07) is 8.22. The first-order chi connectivity index (χ1) is 7.83. The van der Waals surface area contributed by atoms with Gasteiger partial charge >= 0.3 is 0 Å². The van der Waals surface area contributed by atoms with Crippen LogP contribution in [0, 0.1) is 0 Å². The molecular formula is C13H21NO2. The minimum Gasteiger partial charge on any atom is -0.394 e. The van der Waals surface area contributed by atoms with Crippen molar-refractivity contribution in [3.8, 4) is 0 Å². The zero-order valence-electron chi connectivity index (χ0n) is 10.1. The number of nitrogens with one attached hydrogen (secondary N) is 1. The molecule has 0 radical (unpaired) electrons. The van der Waals surface area contributed by atoms with Crippen molar-refractivity contribution < 1.29 is 9.84 Å². The topological polar surface area (TPSA) is 41.5 Å². The molecule has 3 nitrogen and oxygen atoms in total. The second-order valence-electron chi connectivity index (χ2n) is 3.73. The molecule has 90 valence electrons. The van der Waals surface area contributed by atoms with Gasteiger partial charge in [-0.05, 0) is 17.5 Å². The van der Waals surface area contributed by atoms with Crippen LogP contribution in [-0.2, 0) is 11.2 Å². The number of ether oxygens (including phenoxy) is 1. The summed E-state index contributed by atoms with van der Waals surface area (Å²) in [4.78, 5) is 0. The van der Waals surface area contributed by atoms with Crippen LogP contribution in [0.15, 0.2) is 24.3 Å². The smallest absolute Gasteiger partial charge is 0.0626 e. The van der Waals surface area contributed by atoms with Crippen molar-refractivity contribution in [2.24, 2.45) is 0 Å². The van der Waals surface area contributed by atoms with Crippen LogP contribution in [0.5, 0.6) is 0 Å². The highest BCUT2D eigenvalue weighted by atomic mass is 16.5. The lowest BCUT2D eigenvalue weighted by atomic mass is 9.99. The molecule has 1 aromatic carbocycles. The van der Waals surface area contributed by atoms with Gasteiger partial charge in [-0.15, -0.1) is 0 Å². The van der Waals surface area contributed by atoms with Crippen molar-refractivity contribution in [2.75, 3.05) is 26.9 Å². The summed E-state index contributed by atoms with van der Waals surface area (Å²) in [6.45, 7) is 3.65. The Labute approximate surface area is 97.4 Å². The number of hydrogen-bond donors (Lipinski definition) is 2. The van der Waals surface area contributed by atoms with Crippen molar-refractivity contribution in [1.29, 1.82) is 0 Å². The van der Waals surface area contributed by atoms with E-state index in [-0.39, 0.29) is 12.6 Å². The lowest BCUT2D eigenvalue weighted by molar-refractivity contribution is 0.184. The van der Waals surface area contributed by atoms with Gasteiger partial charge in [-0.2, -0.15) is 0 Å². The Morgan fingerprint density at radius 3 is 2.75 bits per heavy atom. The molecule has 1 unspecified atom stereocenters. The SMILES string of the molecule is CCc1ccccc1C(CO)NCCOC. The van der Waals surface area contributed by atoms with Gasteiger partial charge in [0.15, 0.2) is 0 Å². The summed E-state index contributed by atoms with van der Waals surface area (Å²) in [5, 5.41) is 12.7. The highest BCUT2D eigenvalue weighted by Gasteiger charge is 2.12. The predicted octanol–water partition coefficient (Wildman–Crippen LogP) is 1.52. The van der Waals surface area contributed by atoms with Crippen molar-refractivity contribution in [2.45, 2.75) is 19.4 Å². The minimum absolute atomic E-state index is 0.00583. The number of benzene rings is 1. The molecule has 3 heteroatoms. The normalized spacial score (nSPS) is 12.7. The summed E-state index contributed by atoms with van der Waals surface area (Å²) in [5.41, 5.74) is 2.47. The minimum atomic E-state index is 0.00583. The van der Waals surface area contributed by atoms with E-state index in [2.05, 4.69) is 24.4 Å². The van der Waals surface area contributed by atoms with E-state index >= 15 is 0 Å². The molecule has 0 aliphatic rings. The summed E-state index contributed by atoms with van der Waals surface area (Å²) in [7, 11) is 1.68. The molecule has 1 atom stereocenters. The first-order valence-electron chi connectivity index (χ1n) is 5.74. The molecule has 2 N–H and O–H groups in total. The Bertz CT molecular complexity index is 302. The van der Waals surface area contributed by atoms with E-state index in [1.54, 1.807) is 7.11 Å². The van der Waals surface area contributed by atoms with E-state index in [1.807, 2.05) is 12.1 Å². The van der Waals surface area contributed by atoms with Crippen LogP contribution in [0.25, 0.3) is 0 Å². The maximum absolute atomic E-state index is 9.40. The van der Waals surface area contributed by atoms with Crippen molar-refractivity contribution in [3.05, 3.63) is 35.4 Å². The molecule has 1 rings (SSSR count). The lowest BCUT2D eigenvalue weighted by Gasteiger charge is -2.19. The molecule has 0 aromatic heterocycles. The second kappa shape index (κ2) is 7.39. The molecule has 0 aliphatic carbocycles. The van der Waals surface area contributed by atoms with Crippen molar-refractivity contribution in [3.63, 3.8) is 0 Å². The first kappa shape index (κ1) is 13.2. The third kappa shape index (κ3) is 3.59. The van der Waals surface area contributed by atoms with E-state index in [0.29, 0.717) is 6.61 Å². The number of methoxy groups -OCH3 is 1. The van der Waals surface area contributed by atoms with Crippen LogP contribution in [0.4, 0.5) is 0 Å². The fourth-order valence-corrected chi connectivity index (χ4v) is 1.80. The molecule has 0 saturated carbocycles. The van der Waals surface area contributed by atoms with Crippen LogP contribution in [0.1, 0.15) is 24.1 Å². The van der Waals surface area contributed by atoms with Crippen LogP contribution < -0.4 is 5.32 Å². The number of aliphatic hydroxyl groups is 1. The average Bonchev–Trinajstić information content (AvgIpc) is 2.35. The van der Waals surface area contributed by atoms with E-state index in [0.717, 1.165) is 13.0 Å². The van der Waals surface area contributed by atoms with Crippen molar-refractivity contribution >= 4 is 0 Å². The molecule has 0 aliphatic heterocycles. The maximum atomic E-state index is 9.40. The third-order valence-electron chi connectivity index (χ3n) is 2.69.